The number of carbonyl (C=O) groups excluding carboxylic acids is 1. The summed E-state index contributed by atoms with van der Waals surface area (Å²) in [6.07, 6.45) is 1.79. The highest BCUT2D eigenvalue weighted by Gasteiger charge is 2.33. The number of halogens is 1. The van der Waals surface area contributed by atoms with Crippen LogP contribution in [-0.2, 0) is 16.1 Å². The normalized spacial score (nSPS) is 14.9. The summed E-state index contributed by atoms with van der Waals surface area (Å²) in [7, 11) is 1.57. The Morgan fingerprint density at radius 3 is 2.54 bits per heavy atom. The van der Waals surface area contributed by atoms with Gasteiger partial charge >= 0.3 is 5.97 Å². The van der Waals surface area contributed by atoms with Crippen molar-refractivity contribution >= 4 is 35.0 Å². The van der Waals surface area contributed by atoms with Gasteiger partial charge in [0.15, 0.2) is 16.3 Å². The van der Waals surface area contributed by atoms with E-state index in [0.29, 0.717) is 37.1 Å². The number of allylic oxidation sites excluding steroid dienone is 1. The average molecular weight is 589 g/mol. The zero-order valence-electron chi connectivity index (χ0n) is 23.1. The van der Waals surface area contributed by atoms with E-state index in [1.54, 1.807) is 37.7 Å². The van der Waals surface area contributed by atoms with E-state index in [-0.39, 0.29) is 18.8 Å². The number of carbonyl (C=O) groups is 1. The molecule has 0 radical (unpaired) electrons. The largest absolute Gasteiger partial charge is 0.493 e. The van der Waals surface area contributed by atoms with Gasteiger partial charge in [-0.1, -0.05) is 77.0 Å². The monoisotopic (exact) mass is 588 g/mol. The fourth-order valence-corrected chi connectivity index (χ4v) is 5.91. The molecule has 1 aliphatic heterocycles. The maximum absolute atomic E-state index is 13.9. The molecule has 1 aliphatic rings. The first-order chi connectivity index (χ1) is 19.8. The fourth-order valence-electron chi connectivity index (χ4n) is 4.67. The summed E-state index contributed by atoms with van der Waals surface area (Å²) in [6.45, 7) is 6.03. The van der Waals surface area contributed by atoms with Gasteiger partial charge in [0.25, 0.3) is 5.56 Å². The van der Waals surface area contributed by atoms with Gasteiger partial charge in [-0.2, -0.15) is 0 Å². The summed E-state index contributed by atoms with van der Waals surface area (Å²) in [4.78, 5) is 32.1. The molecule has 0 aliphatic carbocycles. The lowest BCUT2D eigenvalue weighted by Crippen LogP contribution is -2.39. The number of rotatable bonds is 8. The lowest BCUT2D eigenvalue weighted by atomic mass is 9.95. The van der Waals surface area contributed by atoms with Crippen LogP contribution in [0.2, 0.25) is 5.02 Å². The summed E-state index contributed by atoms with van der Waals surface area (Å²) < 4.78 is 19.0. The fraction of sp³-hybridized carbons (Fsp3) is 0.219. The molecular formula is C32H29ClN2O5S. The first-order valence-corrected chi connectivity index (χ1v) is 14.3. The lowest BCUT2D eigenvalue weighted by Gasteiger charge is -2.24. The van der Waals surface area contributed by atoms with Gasteiger partial charge in [0.05, 0.1) is 35.6 Å². The van der Waals surface area contributed by atoms with Gasteiger partial charge in [-0.05, 0) is 56.2 Å². The summed E-state index contributed by atoms with van der Waals surface area (Å²) in [5.74, 6) is 0.599. The summed E-state index contributed by atoms with van der Waals surface area (Å²) in [6, 6.07) is 20.1. The number of esters is 1. The SMILES string of the molecule is CCOC(=O)C1=C(C)N=c2s/c(=C\c3ccc(OCc4ccccc4Cl)c(OC)c3)c(=O)n2C1c1ccc(C)cc1. The lowest BCUT2D eigenvalue weighted by molar-refractivity contribution is -0.139. The average Bonchev–Trinajstić information content (AvgIpc) is 3.26. The molecule has 7 nitrogen and oxygen atoms in total. The van der Waals surface area contributed by atoms with Crippen molar-refractivity contribution in [2.45, 2.75) is 33.4 Å². The molecule has 0 N–H and O–H groups in total. The van der Waals surface area contributed by atoms with Gasteiger partial charge in [-0.3, -0.25) is 9.36 Å². The van der Waals surface area contributed by atoms with Crippen molar-refractivity contribution in [3.63, 3.8) is 0 Å². The smallest absolute Gasteiger partial charge is 0.338 e. The van der Waals surface area contributed by atoms with E-state index >= 15 is 0 Å². The van der Waals surface area contributed by atoms with Crippen LogP contribution in [-0.4, -0.2) is 24.3 Å². The number of aromatic nitrogens is 1. The van der Waals surface area contributed by atoms with Gasteiger partial charge < -0.3 is 14.2 Å². The van der Waals surface area contributed by atoms with E-state index in [2.05, 4.69) is 4.99 Å². The van der Waals surface area contributed by atoms with E-state index in [9.17, 15) is 9.59 Å². The van der Waals surface area contributed by atoms with Crippen molar-refractivity contribution in [3.8, 4) is 11.5 Å². The van der Waals surface area contributed by atoms with E-state index in [1.807, 2.05) is 67.6 Å². The number of benzene rings is 3. The number of ether oxygens (including phenoxy) is 3. The number of hydrogen-bond acceptors (Lipinski definition) is 7. The van der Waals surface area contributed by atoms with Crippen LogP contribution in [0.5, 0.6) is 11.5 Å². The third kappa shape index (κ3) is 5.85. The van der Waals surface area contributed by atoms with Crippen LogP contribution in [0, 0.1) is 6.92 Å². The molecule has 5 rings (SSSR count). The second-order valence-electron chi connectivity index (χ2n) is 9.50. The number of thiazole rings is 1. The second-order valence-corrected chi connectivity index (χ2v) is 10.9. The van der Waals surface area contributed by atoms with Crippen LogP contribution < -0.4 is 24.4 Å². The van der Waals surface area contributed by atoms with Crippen LogP contribution >= 0.6 is 22.9 Å². The molecular weight excluding hydrogens is 560 g/mol. The van der Waals surface area contributed by atoms with Crippen molar-refractivity contribution in [1.29, 1.82) is 0 Å². The Morgan fingerprint density at radius 2 is 1.83 bits per heavy atom. The zero-order chi connectivity index (χ0) is 29.1. The van der Waals surface area contributed by atoms with E-state index in [0.717, 1.165) is 22.3 Å². The zero-order valence-corrected chi connectivity index (χ0v) is 24.7. The Labute approximate surface area is 246 Å². The predicted octanol–water partition coefficient (Wildman–Crippen LogP) is 5.35. The standard InChI is InChI=1S/C32H29ClN2O5S/c1-5-39-31(37)28-20(3)34-32-35(29(28)22-13-10-19(2)11-14-22)30(36)27(41-32)17-21-12-15-25(26(16-21)38-4)40-18-23-8-6-7-9-24(23)33/h6-17,29H,5,18H2,1-4H3/b27-17-. The molecule has 0 saturated carbocycles. The number of nitrogens with zero attached hydrogens (tertiary/aromatic N) is 2. The van der Waals surface area contributed by atoms with E-state index in [4.69, 9.17) is 25.8 Å². The number of fused-ring (bicyclic) bond motifs is 1. The van der Waals surface area contributed by atoms with Gasteiger partial charge in [-0.15, -0.1) is 0 Å². The summed E-state index contributed by atoms with van der Waals surface area (Å²) >= 11 is 7.53. The van der Waals surface area contributed by atoms with E-state index < -0.39 is 12.0 Å². The summed E-state index contributed by atoms with van der Waals surface area (Å²) in [5, 5.41) is 0.628. The molecule has 3 aromatic carbocycles. The quantitative estimate of drug-likeness (QED) is 0.259. The molecule has 9 heteroatoms. The molecule has 41 heavy (non-hydrogen) atoms. The molecule has 2 heterocycles. The van der Waals surface area contributed by atoms with Crippen molar-refractivity contribution in [2.75, 3.05) is 13.7 Å². The predicted molar refractivity (Wildman–Crippen MR) is 160 cm³/mol. The summed E-state index contributed by atoms with van der Waals surface area (Å²) in [5.41, 5.74) is 4.15. The first kappa shape index (κ1) is 28.4. The highest BCUT2D eigenvalue weighted by molar-refractivity contribution is 7.07. The minimum absolute atomic E-state index is 0.223. The maximum Gasteiger partial charge on any atom is 0.338 e. The van der Waals surface area contributed by atoms with Gasteiger partial charge in [0.1, 0.15) is 6.61 Å². The third-order valence-corrected chi connectivity index (χ3v) is 8.09. The molecule has 0 bridgehead atoms. The Kier molecular flexibility index (Phi) is 8.42. The molecule has 0 amide bonds. The first-order valence-electron chi connectivity index (χ1n) is 13.1. The van der Waals surface area contributed by atoms with Crippen LogP contribution in [0.3, 0.4) is 0 Å². The topological polar surface area (TPSA) is 79.1 Å². The molecule has 210 valence electrons. The second kappa shape index (κ2) is 12.2. The minimum atomic E-state index is -0.650. The maximum atomic E-state index is 13.9. The van der Waals surface area contributed by atoms with Crippen molar-refractivity contribution in [3.05, 3.63) is 125 Å². The number of methoxy groups -OCH3 is 1. The van der Waals surface area contributed by atoms with Crippen LogP contribution in [0.25, 0.3) is 6.08 Å². The molecule has 0 saturated heterocycles. The minimum Gasteiger partial charge on any atom is -0.493 e. The van der Waals surface area contributed by atoms with Crippen LogP contribution in [0.4, 0.5) is 0 Å². The Bertz CT molecular complexity index is 1820. The highest BCUT2D eigenvalue weighted by Crippen LogP contribution is 2.32. The highest BCUT2D eigenvalue weighted by atomic mass is 35.5. The van der Waals surface area contributed by atoms with Crippen molar-refractivity contribution in [1.82, 2.24) is 4.57 Å². The van der Waals surface area contributed by atoms with E-state index in [1.165, 1.54) is 11.3 Å². The molecule has 0 spiro atoms. The Hall–Kier alpha value is -4.14. The van der Waals surface area contributed by atoms with Crippen molar-refractivity contribution in [2.24, 2.45) is 4.99 Å². The molecule has 1 atom stereocenters. The third-order valence-electron chi connectivity index (χ3n) is 6.74. The van der Waals surface area contributed by atoms with Crippen LogP contribution in [0.1, 0.15) is 42.1 Å². The molecule has 1 aromatic heterocycles. The molecule has 0 fully saturated rings. The Morgan fingerprint density at radius 1 is 1.07 bits per heavy atom. The molecule has 4 aromatic rings. The van der Waals surface area contributed by atoms with Gasteiger partial charge in [0, 0.05) is 10.6 Å². The number of hydrogen-bond donors (Lipinski definition) is 0. The number of aryl methyl sites for hydroxylation is 1. The van der Waals surface area contributed by atoms with Gasteiger partial charge in [-0.25, -0.2) is 9.79 Å². The van der Waals surface area contributed by atoms with Crippen LogP contribution in [0.15, 0.2) is 87.8 Å². The Balaban J connectivity index is 1.54. The molecule has 1 unspecified atom stereocenters. The van der Waals surface area contributed by atoms with Crippen molar-refractivity contribution < 1.29 is 19.0 Å². The van der Waals surface area contributed by atoms with Gasteiger partial charge in [0.2, 0.25) is 0 Å².